The van der Waals surface area contributed by atoms with Crippen molar-refractivity contribution in [2.24, 2.45) is 0 Å². The van der Waals surface area contributed by atoms with Gasteiger partial charge < -0.3 is 10.1 Å². The van der Waals surface area contributed by atoms with Crippen molar-refractivity contribution in [3.63, 3.8) is 0 Å². The van der Waals surface area contributed by atoms with Gasteiger partial charge in [-0.25, -0.2) is 8.42 Å². The average molecular weight is 435 g/mol. The monoisotopic (exact) mass is 434 g/mol. The van der Waals surface area contributed by atoms with E-state index in [1.54, 1.807) is 24.3 Å². The van der Waals surface area contributed by atoms with Crippen molar-refractivity contribution in [1.29, 1.82) is 0 Å². The van der Waals surface area contributed by atoms with Gasteiger partial charge in [0.05, 0.1) is 16.3 Å². The Hall–Kier alpha value is -2.74. The number of carbonyl (C=O) groups is 1. The predicted molar refractivity (Wildman–Crippen MR) is 108 cm³/mol. The number of hydrogen-bond donors (Lipinski definition) is 2. The van der Waals surface area contributed by atoms with Crippen molar-refractivity contribution < 1.29 is 17.9 Å². The smallest absolute Gasteiger partial charge is 0.263 e. The average Bonchev–Trinajstić information content (AvgIpc) is 2.79. The number of rotatable bonds is 3. The summed E-state index contributed by atoms with van der Waals surface area (Å²) in [5.74, 6) is 0.390. The lowest BCUT2D eigenvalue weighted by atomic mass is 10.1. The zero-order valence-corrected chi connectivity index (χ0v) is 16.4. The number of amides is 1. The van der Waals surface area contributed by atoms with E-state index >= 15 is 0 Å². The SMILES string of the molecule is O=C1Nc2ccccc2Oc2ccc(NS(=O)(=O)c3cc(Cl)ccc3Cl)cc21. The number of ether oxygens (including phenoxy) is 1. The first-order valence-electron chi connectivity index (χ1n) is 8.04. The van der Waals surface area contributed by atoms with Crippen LogP contribution in [0.2, 0.25) is 10.0 Å². The minimum absolute atomic E-state index is 0.0307. The zero-order chi connectivity index (χ0) is 19.9. The number of para-hydroxylation sites is 2. The van der Waals surface area contributed by atoms with Crippen LogP contribution in [0.1, 0.15) is 10.4 Å². The molecule has 1 heterocycles. The molecule has 0 radical (unpaired) electrons. The molecule has 1 aliphatic heterocycles. The molecule has 0 aromatic heterocycles. The summed E-state index contributed by atoms with van der Waals surface area (Å²) < 4.78 is 33.6. The summed E-state index contributed by atoms with van der Waals surface area (Å²) in [7, 11) is -4.01. The summed E-state index contributed by atoms with van der Waals surface area (Å²) in [4.78, 5) is 12.4. The number of carbonyl (C=O) groups excluding carboxylic acids is 1. The third-order valence-electron chi connectivity index (χ3n) is 4.01. The maximum Gasteiger partial charge on any atom is 0.263 e. The third kappa shape index (κ3) is 3.52. The van der Waals surface area contributed by atoms with Gasteiger partial charge in [-0.2, -0.15) is 0 Å². The van der Waals surface area contributed by atoms with Crippen LogP contribution in [0, 0.1) is 0 Å². The van der Waals surface area contributed by atoms with E-state index in [-0.39, 0.29) is 26.2 Å². The number of hydrogen-bond acceptors (Lipinski definition) is 4. The molecule has 142 valence electrons. The Morgan fingerprint density at radius 2 is 1.71 bits per heavy atom. The van der Waals surface area contributed by atoms with Crippen molar-refractivity contribution in [1.82, 2.24) is 0 Å². The number of halogens is 2. The van der Waals surface area contributed by atoms with Gasteiger partial charge in [0.1, 0.15) is 10.6 Å². The first-order valence-corrected chi connectivity index (χ1v) is 10.3. The Kier molecular flexibility index (Phi) is 4.66. The molecule has 0 fully saturated rings. The van der Waals surface area contributed by atoms with Crippen molar-refractivity contribution in [3.8, 4) is 11.5 Å². The van der Waals surface area contributed by atoms with Crippen molar-refractivity contribution in [2.75, 3.05) is 10.0 Å². The van der Waals surface area contributed by atoms with E-state index in [0.717, 1.165) is 0 Å². The van der Waals surface area contributed by atoms with Crippen molar-refractivity contribution in [3.05, 3.63) is 76.3 Å². The Morgan fingerprint density at radius 1 is 0.929 bits per heavy atom. The molecule has 1 aliphatic rings. The highest BCUT2D eigenvalue weighted by Gasteiger charge is 2.23. The molecule has 28 heavy (non-hydrogen) atoms. The molecule has 3 aromatic carbocycles. The molecular weight excluding hydrogens is 423 g/mol. The third-order valence-corrected chi connectivity index (χ3v) is 6.11. The lowest BCUT2D eigenvalue weighted by Gasteiger charge is -2.12. The summed E-state index contributed by atoms with van der Waals surface area (Å²) in [6, 6.07) is 15.5. The molecule has 0 bridgehead atoms. The second-order valence-electron chi connectivity index (χ2n) is 5.94. The molecule has 4 rings (SSSR count). The maximum atomic E-state index is 12.7. The normalized spacial score (nSPS) is 12.9. The Labute approximate surface area is 171 Å². The Balaban J connectivity index is 1.69. The van der Waals surface area contributed by atoms with Crippen molar-refractivity contribution in [2.45, 2.75) is 4.90 Å². The van der Waals surface area contributed by atoms with Gasteiger partial charge in [-0.15, -0.1) is 0 Å². The van der Waals surface area contributed by atoms with E-state index in [1.165, 1.54) is 36.4 Å². The highest BCUT2D eigenvalue weighted by atomic mass is 35.5. The van der Waals surface area contributed by atoms with E-state index < -0.39 is 15.9 Å². The second-order valence-corrected chi connectivity index (χ2v) is 8.44. The first kappa shape index (κ1) is 18.6. The number of sulfonamides is 1. The molecule has 0 unspecified atom stereocenters. The molecular formula is C19H12Cl2N2O4S. The lowest BCUT2D eigenvalue weighted by molar-refractivity contribution is 0.102. The summed E-state index contributed by atoms with van der Waals surface area (Å²) >= 11 is 11.9. The van der Waals surface area contributed by atoms with E-state index in [9.17, 15) is 13.2 Å². The van der Waals surface area contributed by atoms with E-state index in [1.807, 2.05) is 0 Å². The molecule has 0 atom stereocenters. The fourth-order valence-corrected chi connectivity index (χ4v) is 4.53. The molecule has 9 heteroatoms. The fraction of sp³-hybridized carbons (Fsp3) is 0. The summed E-state index contributed by atoms with van der Waals surface area (Å²) in [6.45, 7) is 0. The minimum Gasteiger partial charge on any atom is -0.454 e. The van der Waals surface area contributed by atoms with Gasteiger partial charge in [-0.05, 0) is 48.5 Å². The van der Waals surface area contributed by atoms with E-state index in [0.29, 0.717) is 17.2 Å². The van der Waals surface area contributed by atoms with Crippen LogP contribution in [-0.2, 0) is 10.0 Å². The van der Waals surface area contributed by atoms with E-state index in [4.69, 9.17) is 27.9 Å². The molecule has 0 spiro atoms. The first-order chi connectivity index (χ1) is 13.3. The summed E-state index contributed by atoms with van der Waals surface area (Å²) in [5.41, 5.74) is 0.893. The molecule has 0 aliphatic carbocycles. The summed E-state index contributed by atoms with van der Waals surface area (Å²) in [5, 5.41) is 3.00. The van der Waals surface area contributed by atoms with Crippen molar-refractivity contribution >= 4 is 50.5 Å². The van der Waals surface area contributed by atoms with Gasteiger partial charge in [-0.3, -0.25) is 9.52 Å². The molecule has 1 amide bonds. The number of fused-ring (bicyclic) bond motifs is 2. The van der Waals surface area contributed by atoms with Gasteiger partial charge in [0.2, 0.25) is 0 Å². The van der Waals surface area contributed by atoms with E-state index in [2.05, 4.69) is 10.0 Å². The molecule has 3 aromatic rings. The highest BCUT2D eigenvalue weighted by Crippen LogP contribution is 2.37. The van der Waals surface area contributed by atoms with Gasteiger partial charge in [0, 0.05) is 10.7 Å². The van der Waals surface area contributed by atoms with Crippen LogP contribution >= 0.6 is 23.2 Å². The van der Waals surface area contributed by atoms with Crippen LogP contribution in [-0.4, -0.2) is 14.3 Å². The van der Waals surface area contributed by atoms with Gasteiger partial charge in [0.15, 0.2) is 5.75 Å². The standard InChI is InChI=1S/C19H12Cl2N2O4S/c20-11-5-7-14(21)18(9-11)28(25,26)23-12-6-8-16-13(10-12)19(24)22-15-3-1-2-4-17(15)27-16/h1-10,23H,(H,22,24). The Bertz CT molecular complexity index is 1210. The van der Waals surface area contributed by atoms with Gasteiger partial charge >= 0.3 is 0 Å². The fourth-order valence-electron chi connectivity index (χ4n) is 2.72. The van der Waals surface area contributed by atoms with Crippen LogP contribution in [0.25, 0.3) is 0 Å². The molecule has 2 N–H and O–H groups in total. The number of nitrogens with one attached hydrogen (secondary N) is 2. The molecule has 6 nitrogen and oxygen atoms in total. The number of benzene rings is 3. The van der Waals surface area contributed by atoms with Gasteiger partial charge in [0.25, 0.3) is 15.9 Å². The molecule has 0 saturated carbocycles. The number of anilines is 2. The van der Waals surface area contributed by atoms with Crippen LogP contribution in [0.15, 0.2) is 65.6 Å². The summed E-state index contributed by atoms with van der Waals surface area (Å²) in [6.07, 6.45) is 0. The Morgan fingerprint density at radius 3 is 2.54 bits per heavy atom. The predicted octanol–water partition coefficient (Wildman–Crippen LogP) is 5.15. The van der Waals surface area contributed by atoms with Crippen LogP contribution in [0.5, 0.6) is 11.5 Å². The maximum absolute atomic E-state index is 12.7. The minimum atomic E-state index is -4.01. The molecule has 0 saturated heterocycles. The second kappa shape index (κ2) is 7.01. The van der Waals surface area contributed by atoms with Gasteiger partial charge in [-0.1, -0.05) is 35.3 Å². The lowest BCUT2D eigenvalue weighted by Crippen LogP contribution is -2.15. The largest absolute Gasteiger partial charge is 0.454 e. The van der Waals surface area contributed by atoms with Crippen LogP contribution in [0.3, 0.4) is 0 Å². The highest BCUT2D eigenvalue weighted by molar-refractivity contribution is 7.92. The van der Waals surface area contributed by atoms with Crippen LogP contribution < -0.4 is 14.8 Å². The quantitative estimate of drug-likeness (QED) is 0.596. The zero-order valence-electron chi connectivity index (χ0n) is 14.1. The topological polar surface area (TPSA) is 84.5 Å². The van der Waals surface area contributed by atoms with Crippen LogP contribution in [0.4, 0.5) is 11.4 Å².